The van der Waals surface area contributed by atoms with E-state index in [0.717, 1.165) is 22.4 Å². The Labute approximate surface area is 179 Å². The van der Waals surface area contributed by atoms with Crippen molar-refractivity contribution in [2.75, 3.05) is 6.79 Å². The number of allylic oxidation sites excluding steroid dienone is 1. The number of rotatable bonds is 7. The molecule has 0 N–H and O–H groups in total. The highest BCUT2D eigenvalue weighted by Gasteiger charge is 2.08. The Bertz CT molecular complexity index is 1230. The minimum Gasteiger partial charge on any atom is -0.457 e. The number of benzene rings is 3. The summed E-state index contributed by atoms with van der Waals surface area (Å²) in [6, 6.07) is 15.7. The molecule has 3 rings (SSSR count). The minimum absolute atomic E-state index is 0.117. The van der Waals surface area contributed by atoms with Crippen molar-refractivity contribution in [2.45, 2.75) is 6.42 Å². The van der Waals surface area contributed by atoms with E-state index in [1.807, 2.05) is 36.4 Å². The molecule has 154 valence electrons. The van der Waals surface area contributed by atoms with Crippen LogP contribution in [0.25, 0.3) is 21.9 Å². The third kappa shape index (κ3) is 5.68. The molecular formula is C26H19FO4. The Morgan fingerprint density at radius 1 is 0.968 bits per heavy atom. The minimum atomic E-state index is -0.618. The fourth-order valence-electron chi connectivity index (χ4n) is 2.83. The van der Waals surface area contributed by atoms with E-state index < -0.39 is 11.8 Å². The van der Waals surface area contributed by atoms with E-state index in [4.69, 9.17) is 9.47 Å². The van der Waals surface area contributed by atoms with Gasteiger partial charge in [0.25, 0.3) is 0 Å². The van der Waals surface area contributed by atoms with Gasteiger partial charge in [-0.1, -0.05) is 43.2 Å². The third-order valence-corrected chi connectivity index (χ3v) is 4.41. The van der Waals surface area contributed by atoms with E-state index in [1.165, 1.54) is 12.1 Å². The van der Waals surface area contributed by atoms with E-state index in [1.54, 1.807) is 12.1 Å². The van der Waals surface area contributed by atoms with Gasteiger partial charge in [0.05, 0.1) is 6.42 Å². The second kappa shape index (κ2) is 10.0. The molecule has 0 radical (unpaired) electrons. The van der Waals surface area contributed by atoms with Gasteiger partial charge < -0.3 is 9.47 Å². The van der Waals surface area contributed by atoms with Gasteiger partial charge in [0.15, 0.2) is 5.78 Å². The summed E-state index contributed by atoms with van der Waals surface area (Å²) in [5.74, 6) is 4.84. The number of esters is 1. The van der Waals surface area contributed by atoms with Crippen LogP contribution in [0.2, 0.25) is 0 Å². The van der Waals surface area contributed by atoms with Crippen LogP contribution in [-0.4, -0.2) is 18.5 Å². The molecule has 0 saturated heterocycles. The molecule has 0 spiro atoms. The lowest BCUT2D eigenvalue weighted by Gasteiger charge is -2.09. The van der Waals surface area contributed by atoms with Gasteiger partial charge in [0, 0.05) is 23.3 Å². The summed E-state index contributed by atoms with van der Waals surface area (Å²) in [5, 5.41) is 1.89. The highest BCUT2D eigenvalue weighted by atomic mass is 19.1. The predicted molar refractivity (Wildman–Crippen MR) is 118 cm³/mol. The van der Waals surface area contributed by atoms with Crippen LogP contribution < -0.4 is 4.74 Å². The zero-order valence-corrected chi connectivity index (χ0v) is 16.7. The van der Waals surface area contributed by atoms with E-state index in [9.17, 15) is 14.0 Å². The Balaban J connectivity index is 1.77. The van der Waals surface area contributed by atoms with Crippen LogP contribution in [0, 0.1) is 17.7 Å². The molecule has 31 heavy (non-hydrogen) atoms. The molecular weight excluding hydrogens is 395 g/mol. The molecule has 0 fully saturated rings. The first kappa shape index (κ1) is 21.5. The molecule has 0 bridgehead atoms. The van der Waals surface area contributed by atoms with Crippen LogP contribution in [0.5, 0.6) is 5.75 Å². The quantitative estimate of drug-likeness (QED) is 0.231. The number of carbonyl (C=O) groups excluding carboxylic acids is 2. The summed E-state index contributed by atoms with van der Waals surface area (Å²) in [5.41, 5.74) is 1.93. The molecule has 5 heteroatoms. The first-order valence-electron chi connectivity index (χ1n) is 9.40. The maximum atomic E-state index is 14.6. The zero-order chi connectivity index (χ0) is 22.2. The molecule has 0 aliphatic carbocycles. The van der Waals surface area contributed by atoms with Gasteiger partial charge in [0.1, 0.15) is 11.6 Å². The first-order valence-corrected chi connectivity index (χ1v) is 9.40. The van der Waals surface area contributed by atoms with Crippen molar-refractivity contribution in [3.8, 4) is 28.7 Å². The van der Waals surface area contributed by atoms with Gasteiger partial charge in [-0.05, 0) is 52.7 Å². The van der Waals surface area contributed by atoms with E-state index in [0.29, 0.717) is 11.1 Å². The summed E-state index contributed by atoms with van der Waals surface area (Å²) in [7, 11) is 0. The predicted octanol–water partition coefficient (Wildman–Crippen LogP) is 5.21. The van der Waals surface area contributed by atoms with E-state index in [-0.39, 0.29) is 24.7 Å². The van der Waals surface area contributed by atoms with Gasteiger partial charge in [-0.25, -0.2) is 9.18 Å². The average molecular weight is 414 g/mol. The van der Waals surface area contributed by atoms with Crippen molar-refractivity contribution in [3.05, 3.63) is 91.3 Å². The molecule has 0 saturated carbocycles. The zero-order valence-electron chi connectivity index (χ0n) is 16.7. The normalized spacial score (nSPS) is 9.97. The third-order valence-electron chi connectivity index (χ3n) is 4.41. The van der Waals surface area contributed by atoms with Crippen molar-refractivity contribution < 1.29 is 23.5 Å². The SMILES string of the molecule is C=CC(=O)CC#Cc1ccc2cc(-c3ccc(OCOC(=O)C=C)cc3F)ccc2c1. The van der Waals surface area contributed by atoms with Gasteiger partial charge in [-0.2, -0.15) is 0 Å². The maximum Gasteiger partial charge on any atom is 0.333 e. The lowest BCUT2D eigenvalue weighted by molar-refractivity contribution is -0.144. The second-order valence-corrected chi connectivity index (χ2v) is 6.50. The number of hydrogen-bond donors (Lipinski definition) is 0. The topological polar surface area (TPSA) is 52.6 Å². The van der Waals surface area contributed by atoms with Crippen LogP contribution in [-0.2, 0) is 14.3 Å². The Kier molecular flexibility index (Phi) is 6.97. The number of ketones is 1. The Morgan fingerprint density at radius 3 is 2.48 bits per heavy atom. The summed E-state index contributed by atoms with van der Waals surface area (Å²) in [6.07, 6.45) is 2.41. The molecule has 0 amide bonds. The van der Waals surface area contributed by atoms with Crippen molar-refractivity contribution in [1.29, 1.82) is 0 Å². The Morgan fingerprint density at radius 2 is 1.74 bits per heavy atom. The van der Waals surface area contributed by atoms with Gasteiger partial charge in [-0.3, -0.25) is 4.79 Å². The van der Waals surface area contributed by atoms with E-state index in [2.05, 4.69) is 25.0 Å². The van der Waals surface area contributed by atoms with Crippen LogP contribution in [0.3, 0.4) is 0 Å². The molecule has 0 aliphatic rings. The summed E-state index contributed by atoms with van der Waals surface area (Å²) < 4.78 is 24.6. The van der Waals surface area contributed by atoms with Gasteiger partial charge in [0.2, 0.25) is 6.79 Å². The highest BCUT2D eigenvalue weighted by Crippen LogP contribution is 2.29. The molecule has 0 atom stereocenters. The van der Waals surface area contributed by atoms with Crippen LogP contribution in [0.1, 0.15) is 12.0 Å². The fraction of sp³-hybridized carbons (Fsp3) is 0.0769. The first-order chi connectivity index (χ1) is 15.0. The standard InChI is InChI=1S/C26H19FO4/c1-3-22(28)7-5-6-18-8-9-20-15-21(11-10-19(20)14-18)24-13-12-23(16-25(24)27)30-17-31-26(29)4-2/h3-4,8-16H,1-2,7,17H2. The van der Waals surface area contributed by atoms with Crippen molar-refractivity contribution >= 4 is 22.5 Å². The molecule has 0 aromatic heterocycles. The molecule has 0 unspecified atom stereocenters. The lowest BCUT2D eigenvalue weighted by Crippen LogP contribution is -2.07. The summed E-state index contributed by atoms with van der Waals surface area (Å²) >= 11 is 0. The number of ether oxygens (including phenoxy) is 2. The summed E-state index contributed by atoms with van der Waals surface area (Å²) in [6.45, 7) is 6.38. The number of carbonyl (C=O) groups is 2. The monoisotopic (exact) mass is 414 g/mol. The molecule has 0 aliphatic heterocycles. The maximum absolute atomic E-state index is 14.6. The van der Waals surface area contributed by atoms with Crippen LogP contribution >= 0.6 is 0 Å². The number of fused-ring (bicyclic) bond motifs is 1. The summed E-state index contributed by atoms with van der Waals surface area (Å²) in [4.78, 5) is 22.3. The van der Waals surface area contributed by atoms with Crippen LogP contribution in [0.4, 0.5) is 4.39 Å². The van der Waals surface area contributed by atoms with Crippen molar-refractivity contribution in [3.63, 3.8) is 0 Å². The van der Waals surface area contributed by atoms with Gasteiger partial charge >= 0.3 is 5.97 Å². The smallest absolute Gasteiger partial charge is 0.333 e. The highest BCUT2D eigenvalue weighted by molar-refractivity contribution is 5.91. The molecule has 3 aromatic rings. The number of halogens is 1. The largest absolute Gasteiger partial charge is 0.457 e. The van der Waals surface area contributed by atoms with Gasteiger partial charge in [-0.15, -0.1) is 0 Å². The van der Waals surface area contributed by atoms with Crippen molar-refractivity contribution in [1.82, 2.24) is 0 Å². The molecule has 3 aromatic carbocycles. The van der Waals surface area contributed by atoms with E-state index >= 15 is 0 Å². The van der Waals surface area contributed by atoms with Crippen LogP contribution in [0.15, 0.2) is 79.9 Å². The van der Waals surface area contributed by atoms with Crippen molar-refractivity contribution in [2.24, 2.45) is 0 Å². The fourth-order valence-corrected chi connectivity index (χ4v) is 2.83. The second-order valence-electron chi connectivity index (χ2n) is 6.50. The lowest BCUT2D eigenvalue weighted by atomic mass is 9.99. The molecule has 4 nitrogen and oxygen atoms in total. The average Bonchev–Trinajstić information content (AvgIpc) is 2.78. The number of hydrogen-bond acceptors (Lipinski definition) is 4. The Hall–Kier alpha value is -4.17. The molecule has 0 heterocycles.